The van der Waals surface area contributed by atoms with E-state index in [1.165, 1.54) is 0 Å². The molecule has 0 saturated carbocycles. The number of H-pyrrole nitrogens is 2. The van der Waals surface area contributed by atoms with Gasteiger partial charge in [0.1, 0.15) is 0 Å². The van der Waals surface area contributed by atoms with Crippen LogP contribution in [-0.4, -0.2) is 14.8 Å². The number of hydrogen-bond acceptors (Lipinski definition) is 2. The lowest BCUT2D eigenvalue weighted by Crippen LogP contribution is -1.95. The SMILES string of the molecule is S=c1[nH]c(=S)n(-c2ccc(Cl)cc2)[nH]1. The molecule has 1 aromatic carbocycles. The van der Waals surface area contributed by atoms with E-state index in [1.807, 2.05) is 12.1 Å². The van der Waals surface area contributed by atoms with Crippen LogP contribution in [0, 0.1) is 9.54 Å². The summed E-state index contributed by atoms with van der Waals surface area (Å²) in [5, 5.41) is 3.60. The smallest absolute Gasteiger partial charge is 0.199 e. The van der Waals surface area contributed by atoms with Crippen molar-refractivity contribution < 1.29 is 0 Å². The van der Waals surface area contributed by atoms with Crippen LogP contribution >= 0.6 is 36.0 Å². The zero-order valence-electron chi connectivity index (χ0n) is 6.95. The maximum Gasteiger partial charge on any atom is 0.199 e. The van der Waals surface area contributed by atoms with Crippen molar-refractivity contribution >= 4 is 36.0 Å². The Balaban J connectivity index is 2.60. The maximum absolute atomic E-state index is 5.77. The number of halogens is 1. The molecule has 0 aliphatic heterocycles. The molecule has 2 rings (SSSR count). The summed E-state index contributed by atoms with van der Waals surface area (Å²) in [6, 6.07) is 7.31. The third kappa shape index (κ3) is 1.79. The molecule has 0 spiro atoms. The lowest BCUT2D eigenvalue weighted by molar-refractivity contribution is 0.862. The number of rotatable bonds is 1. The van der Waals surface area contributed by atoms with Crippen molar-refractivity contribution in [3.05, 3.63) is 38.8 Å². The quantitative estimate of drug-likeness (QED) is 0.755. The Kier molecular flexibility index (Phi) is 2.54. The van der Waals surface area contributed by atoms with E-state index in [1.54, 1.807) is 16.8 Å². The summed E-state index contributed by atoms with van der Waals surface area (Å²) >= 11 is 15.8. The Morgan fingerprint density at radius 2 is 1.79 bits per heavy atom. The lowest BCUT2D eigenvalue weighted by atomic mass is 10.3. The molecule has 0 aliphatic rings. The average molecular weight is 244 g/mol. The molecule has 6 heteroatoms. The summed E-state index contributed by atoms with van der Waals surface area (Å²) in [5.41, 5.74) is 0.895. The van der Waals surface area contributed by atoms with Gasteiger partial charge in [0.15, 0.2) is 9.54 Å². The fourth-order valence-electron chi connectivity index (χ4n) is 1.11. The average Bonchev–Trinajstić information content (AvgIpc) is 2.47. The summed E-state index contributed by atoms with van der Waals surface area (Å²) in [6.07, 6.45) is 0. The van der Waals surface area contributed by atoms with E-state index in [4.69, 9.17) is 36.0 Å². The first-order chi connectivity index (χ1) is 6.66. The monoisotopic (exact) mass is 243 g/mol. The van der Waals surface area contributed by atoms with Crippen LogP contribution in [0.4, 0.5) is 0 Å². The maximum atomic E-state index is 5.77. The first kappa shape index (κ1) is 9.64. The molecule has 1 aromatic heterocycles. The van der Waals surface area contributed by atoms with Crippen molar-refractivity contribution in [2.24, 2.45) is 0 Å². The number of nitrogens with zero attached hydrogens (tertiary/aromatic N) is 1. The molecule has 72 valence electrons. The number of benzene rings is 1. The summed E-state index contributed by atoms with van der Waals surface area (Å²) in [5.74, 6) is 0. The third-order valence-corrected chi connectivity index (χ3v) is 2.45. The Hall–Kier alpha value is -0.910. The highest BCUT2D eigenvalue weighted by atomic mass is 35.5. The lowest BCUT2D eigenvalue weighted by Gasteiger charge is -2.00. The number of aromatic nitrogens is 3. The Morgan fingerprint density at radius 3 is 2.29 bits per heavy atom. The second-order valence-electron chi connectivity index (χ2n) is 2.68. The van der Waals surface area contributed by atoms with E-state index in [0.29, 0.717) is 14.6 Å². The zero-order valence-corrected chi connectivity index (χ0v) is 9.34. The molecule has 3 nitrogen and oxygen atoms in total. The normalized spacial score (nSPS) is 10.4. The molecule has 14 heavy (non-hydrogen) atoms. The predicted molar refractivity (Wildman–Crippen MR) is 61.1 cm³/mol. The molecule has 1 heterocycles. The van der Waals surface area contributed by atoms with E-state index in [9.17, 15) is 0 Å². The molecule has 0 atom stereocenters. The van der Waals surface area contributed by atoms with Crippen LogP contribution < -0.4 is 0 Å². The molecule has 0 amide bonds. The molecule has 0 aliphatic carbocycles. The van der Waals surface area contributed by atoms with Crippen LogP contribution in [0.2, 0.25) is 5.02 Å². The number of hydrogen-bond donors (Lipinski definition) is 2. The summed E-state index contributed by atoms with van der Waals surface area (Å²) in [7, 11) is 0. The minimum Gasteiger partial charge on any atom is -0.307 e. The first-order valence-electron chi connectivity index (χ1n) is 3.84. The van der Waals surface area contributed by atoms with Crippen LogP contribution in [0.25, 0.3) is 5.69 Å². The van der Waals surface area contributed by atoms with E-state index in [2.05, 4.69) is 10.1 Å². The predicted octanol–water partition coefficient (Wildman–Crippen LogP) is 3.25. The van der Waals surface area contributed by atoms with Crippen LogP contribution in [0.5, 0.6) is 0 Å². The van der Waals surface area contributed by atoms with Crippen LogP contribution in [-0.2, 0) is 0 Å². The minimum absolute atomic E-state index is 0.505. The Bertz CT molecular complexity index is 549. The van der Waals surface area contributed by atoms with Crippen LogP contribution in [0.3, 0.4) is 0 Å². The first-order valence-corrected chi connectivity index (χ1v) is 5.03. The Labute approximate surface area is 95.3 Å². The Morgan fingerprint density at radius 1 is 1.14 bits per heavy atom. The van der Waals surface area contributed by atoms with Crippen molar-refractivity contribution in [3.63, 3.8) is 0 Å². The van der Waals surface area contributed by atoms with E-state index in [0.717, 1.165) is 5.69 Å². The summed E-state index contributed by atoms with van der Waals surface area (Å²) < 4.78 is 2.73. The third-order valence-electron chi connectivity index (χ3n) is 1.72. The highest BCUT2D eigenvalue weighted by Crippen LogP contribution is 2.12. The largest absolute Gasteiger partial charge is 0.307 e. The molecule has 0 fully saturated rings. The molecule has 2 aromatic rings. The second-order valence-corrected chi connectivity index (χ2v) is 3.91. The van der Waals surface area contributed by atoms with Gasteiger partial charge in [0, 0.05) is 5.02 Å². The summed E-state index contributed by atoms with van der Waals surface area (Å²) in [6.45, 7) is 0. The van der Waals surface area contributed by atoms with Gasteiger partial charge in [-0.3, -0.25) is 5.10 Å². The van der Waals surface area contributed by atoms with Gasteiger partial charge in [-0.25, -0.2) is 4.68 Å². The fourth-order valence-corrected chi connectivity index (χ4v) is 1.74. The van der Waals surface area contributed by atoms with Crippen LogP contribution in [0.1, 0.15) is 0 Å². The van der Waals surface area contributed by atoms with Crippen molar-refractivity contribution in [2.75, 3.05) is 0 Å². The van der Waals surface area contributed by atoms with Gasteiger partial charge >= 0.3 is 0 Å². The second kappa shape index (κ2) is 3.68. The number of aromatic amines is 2. The van der Waals surface area contributed by atoms with E-state index in [-0.39, 0.29) is 0 Å². The molecular formula is C8H6ClN3S2. The zero-order chi connectivity index (χ0) is 10.1. The van der Waals surface area contributed by atoms with Gasteiger partial charge < -0.3 is 4.98 Å². The van der Waals surface area contributed by atoms with Gasteiger partial charge in [-0.2, -0.15) is 0 Å². The van der Waals surface area contributed by atoms with Gasteiger partial charge in [-0.15, -0.1) is 0 Å². The van der Waals surface area contributed by atoms with E-state index < -0.39 is 0 Å². The van der Waals surface area contributed by atoms with Gasteiger partial charge in [0.05, 0.1) is 5.69 Å². The molecular weight excluding hydrogens is 238 g/mol. The van der Waals surface area contributed by atoms with Crippen molar-refractivity contribution in [1.82, 2.24) is 14.8 Å². The van der Waals surface area contributed by atoms with Crippen LogP contribution in [0.15, 0.2) is 24.3 Å². The highest BCUT2D eigenvalue weighted by Gasteiger charge is 1.97. The summed E-state index contributed by atoms with van der Waals surface area (Å²) in [4.78, 5) is 2.82. The highest BCUT2D eigenvalue weighted by molar-refractivity contribution is 7.72. The molecule has 0 radical (unpaired) electrons. The number of nitrogens with one attached hydrogen (secondary N) is 2. The van der Waals surface area contributed by atoms with Gasteiger partial charge in [-0.1, -0.05) is 11.6 Å². The van der Waals surface area contributed by atoms with Crippen molar-refractivity contribution in [1.29, 1.82) is 0 Å². The molecule has 0 bridgehead atoms. The minimum atomic E-state index is 0.505. The molecule has 2 N–H and O–H groups in total. The standard InChI is InChI=1S/C8H6ClN3S2/c9-5-1-3-6(4-2-5)12-8(14)10-7(13)11-12/h1-4H,(H2,10,11,13,14). The molecule has 0 unspecified atom stereocenters. The molecule has 0 saturated heterocycles. The van der Waals surface area contributed by atoms with Gasteiger partial charge in [0.25, 0.3) is 0 Å². The fraction of sp³-hybridized carbons (Fsp3) is 0. The van der Waals surface area contributed by atoms with Crippen molar-refractivity contribution in [3.8, 4) is 5.69 Å². The van der Waals surface area contributed by atoms with Gasteiger partial charge in [0.2, 0.25) is 0 Å². The van der Waals surface area contributed by atoms with E-state index >= 15 is 0 Å². The topological polar surface area (TPSA) is 36.5 Å². The van der Waals surface area contributed by atoms with Gasteiger partial charge in [-0.05, 0) is 48.7 Å². The van der Waals surface area contributed by atoms with Crippen molar-refractivity contribution in [2.45, 2.75) is 0 Å².